The zero-order valence-electron chi connectivity index (χ0n) is 9.71. The van der Waals surface area contributed by atoms with Crippen molar-refractivity contribution < 1.29 is 17.9 Å². The van der Waals surface area contributed by atoms with E-state index in [0.29, 0.717) is 0 Å². The normalized spacial score (nSPS) is 11.6. The van der Waals surface area contributed by atoms with Crippen LogP contribution in [-0.2, 0) is 19.4 Å². The van der Waals surface area contributed by atoms with Gasteiger partial charge in [-0.3, -0.25) is 4.79 Å². The molecule has 4 nitrogen and oxygen atoms in total. The van der Waals surface area contributed by atoms with Gasteiger partial charge in [-0.1, -0.05) is 24.3 Å². The van der Waals surface area contributed by atoms with Gasteiger partial charge in [0.15, 0.2) is 9.84 Å². The van der Waals surface area contributed by atoms with Crippen LogP contribution in [-0.4, -0.2) is 27.8 Å². The van der Waals surface area contributed by atoms with Gasteiger partial charge in [0.1, 0.15) is 0 Å². The van der Waals surface area contributed by atoms with E-state index in [9.17, 15) is 13.2 Å². The molecule has 5 heteroatoms. The van der Waals surface area contributed by atoms with Crippen LogP contribution in [0, 0.1) is 0 Å². The Morgan fingerprint density at radius 1 is 1.41 bits per heavy atom. The second kappa shape index (κ2) is 5.63. The first-order chi connectivity index (χ1) is 7.93. The fourth-order valence-electron chi connectivity index (χ4n) is 1.22. The van der Waals surface area contributed by atoms with E-state index in [4.69, 9.17) is 0 Å². The smallest absolute Gasteiger partial charge is 0.309 e. The number of carbonyl (C=O) groups is 1. The van der Waals surface area contributed by atoms with E-state index in [1.165, 1.54) is 13.2 Å². The minimum absolute atomic E-state index is 0.166. The van der Waals surface area contributed by atoms with Crippen molar-refractivity contribution in [3.63, 3.8) is 0 Å². The molecular weight excluding hydrogens is 240 g/mol. The van der Waals surface area contributed by atoms with Crippen LogP contribution in [0.1, 0.15) is 12.0 Å². The van der Waals surface area contributed by atoms with Crippen molar-refractivity contribution in [2.24, 2.45) is 0 Å². The molecular formula is C12H14O4S. The van der Waals surface area contributed by atoms with Crippen LogP contribution >= 0.6 is 0 Å². The van der Waals surface area contributed by atoms with Crippen molar-refractivity contribution >= 4 is 21.9 Å². The van der Waals surface area contributed by atoms with Gasteiger partial charge in [-0.25, -0.2) is 8.42 Å². The van der Waals surface area contributed by atoms with Gasteiger partial charge in [-0.05, 0) is 17.7 Å². The molecule has 0 N–H and O–H groups in total. The summed E-state index contributed by atoms with van der Waals surface area (Å²) in [6, 6.07) is 6.52. The number of hydrogen-bond acceptors (Lipinski definition) is 4. The average molecular weight is 254 g/mol. The zero-order valence-corrected chi connectivity index (χ0v) is 10.5. The van der Waals surface area contributed by atoms with E-state index in [0.717, 1.165) is 11.8 Å². The van der Waals surface area contributed by atoms with E-state index in [-0.39, 0.29) is 17.3 Å². The second-order valence-electron chi connectivity index (χ2n) is 3.53. The van der Waals surface area contributed by atoms with Gasteiger partial charge >= 0.3 is 5.97 Å². The largest absolute Gasteiger partial charge is 0.469 e. The van der Waals surface area contributed by atoms with E-state index in [1.807, 2.05) is 0 Å². The summed E-state index contributed by atoms with van der Waals surface area (Å²) in [6.45, 7) is 0. The Bertz CT molecular complexity index is 529. The molecule has 92 valence electrons. The van der Waals surface area contributed by atoms with Crippen LogP contribution in [0.2, 0.25) is 0 Å². The SMILES string of the molecule is COC(=O)CC=Cc1cccc(S(C)(=O)=O)c1. The van der Waals surface area contributed by atoms with Gasteiger partial charge in [0.2, 0.25) is 0 Å². The van der Waals surface area contributed by atoms with Crippen LogP contribution in [0.3, 0.4) is 0 Å². The first-order valence-electron chi connectivity index (χ1n) is 4.97. The molecule has 0 radical (unpaired) electrons. The lowest BCUT2D eigenvalue weighted by Crippen LogP contribution is -1.97. The molecule has 0 saturated carbocycles. The lowest BCUT2D eigenvalue weighted by Gasteiger charge is -1.99. The average Bonchev–Trinajstić information content (AvgIpc) is 2.28. The van der Waals surface area contributed by atoms with Gasteiger partial charge in [0.05, 0.1) is 18.4 Å². The fraction of sp³-hybridized carbons (Fsp3) is 0.250. The summed E-state index contributed by atoms with van der Waals surface area (Å²) in [5.74, 6) is -0.333. The molecule has 0 unspecified atom stereocenters. The molecule has 0 atom stereocenters. The van der Waals surface area contributed by atoms with Crippen molar-refractivity contribution in [2.75, 3.05) is 13.4 Å². The van der Waals surface area contributed by atoms with Crippen LogP contribution in [0.4, 0.5) is 0 Å². The Hall–Kier alpha value is -1.62. The molecule has 0 aliphatic carbocycles. The highest BCUT2D eigenvalue weighted by Gasteiger charge is 2.05. The Morgan fingerprint density at radius 3 is 2.71 bits per heavy atom. The summed E-state index contributed by atoms with van der Waals surface area (Å²) in [5, 5.41) is 0. The number of hydrogen-bond donors (Lipinski definition) is 0. The van der Waals surface area contributed by atoms with E-state index < -0.39 is 9.84 Å². The number of esters is 1. The first-order valence-corrected chi connectivity index (χ1v) is 6.86. The first kappa shape index (κ1) is 13.4. The molecule has 0 amide bonds. The maximum absolute atomic E-state index is 11.3. The summed E-state index contributed by atoms with van der Waals surface area (Å²) >= 11 is 0. The Balaban J connectivity index is 2.83. The molecule has 0 fully saturated rings. The molecule has 1 aromatic rings. The monoisotopic (exact) mass is 254 g/mol. The maximum Gasteiger partial charge on any atom is 0.309 e. The number of sulfone groups is 1. The molecule has 17 heavy (non-hydrogen) atoms. The summed E-state index contributed by atoms with van der Waals surface area (Å²) in [7, 11) is -1.88. The standard InChI is InChI=1S/C12H14O4S/c1-16-12(13)8-4-6-10-5-3-7-11(9-10)17(2,14)15/h3-7,9H,8H2,1-2H3. The summed E-state index contributed by atoms with van der Waals surface area (Å²) in [4.78, 5) is 11.1. The minimum atomic E-state index is -3.20. The van der Waals surface area contributed by atoms with Crippen molar-refractivity contribution in [1.29, 1.82) is 0 Å². The van der Waals surface area contributed by atoms with E-state index >= 15 is 0 Å². The van der Waals surface area contributed by atoms with Crippen LogP contribution in [0.15, 0.2) is 35.2 Å². The second-order valence-corrected chi connectivity index (χ2v) is 5.54. The third-order valence-electron chi connectivity index (χ3n) is 2.11. The highest BCUT2D eigenvalue weighted by Crippen LogP contribution is 2.12. The molecule has 0 heterocycles. The van der Waals surface area contributed by atoms with Crippen LogP contribution in [0.25, 0.3) is 6.08 Å². The highest BCUT2D eigenvalue weighted by molar-refractivity contribution is 7.90. The Kier molecular flexibility index (Phi) is 4.45. The third kappa shape index (κ3) is 4.40. The Labute approximate surface area is 101 Å². The number of benzene rings is 1. The summed E-state index contributed by atoms with van der Waals surface area (Å²) in [6.07, 6.45) is 4.64. The minimum Gasteiger partial charge on any atom is -0.469 e. The zero-order chi connectivity index (χ0) is 12.9. The molecule has 0 saturated heterocycles. The van der Waals surface area contributed by atoms with Gasteiger partial charge in [-0.15, -0.1) is 0 Å². The highest BCUT2D eigenvalue weighted by atomic mass is 32.2. The summed E-state index contributed by atoms with van der Waals surface area (Å²) < 4.78 is 27.1. The van der Waals surface area contributed by atoms with Gasteiger partial charge in [-0.2, -0.15) is 0 Å². The topological polar surface area (TPSA) is 60.4 Å². The predicted molar refractivity (Wildman–Crippen MR) is 65.2 cm³/mol. The van der Waals surface area contributed by atoms with Crippen molar-refractivity contribution in [3.8, 4) is 0 Å². The number of carbonyl (C=O) groups excluding carboxylic acids is 1. The van der Waals surface area contributed by atoms with Gasteiger partial charge < -0.3 is 4.74 Å². The number of ether oxygens (including phenoxy) is 1. The molecule has 1 aromatic carbocycles. The molecule has 0 aliphatic heterocycles. The summed E-state index contributed by atoms with van der Waals surface area (Å²) in [5.41, 5.74) is 0.733. The molecule has 0 spiro atoms. The lowest BCUT2D eigenvalue weighted by atomic mass is 10.2. The maximum atomic E-state index is 11.3. The predicted octanol–water partition coefficient (Wildman–Crippen LogP) is 1.67. The van der Waals surface area contributed by atoms with E-state index in [1.54, 1.807) is 30.4 Å². The molecule has 1 rings (SSSR count). The lowest BCUT2D eigenvalue weighted by molar-refractivity contribution is -0.139. The quantitative estimate of drug-likeness (QED) is 0.767. The van der Waals surface area contributed by atoms with Crippen LogP contribution < -0.4 is 0 Å². The van der Waals surface area contributed by atoms with Crippen molar-refractivity contribution in [1.82, 2.24) is 0 Å². The fourth-order valence-corrected chi connectivity index (χ4v) is 1.90. The molecule has 0 bridgehead atoms. The van der Waals surface area contributed by atoms with Crippen LogP contribution in [0.5, 0.6) is 0 Å². The Morgan fingerprint density at radius 2 is 2.12 bits per heavy atom. The third-order valence-corrected chi connectivity index (χ3v) is 3.22. The van der Waals surface area contributed by atoms with E-state index in [2.05, 4.69) is 4.74 Å². The molecule has 0 aromatic heterocycles. The van der Waals surface area contributed by atoms with Gasteiger partial charge in [0, 0.05) is 6.26 Å². The number of rotatable bonds is 4. The van der Waals surface area contributed by atoms with Crippen molar-refractivity contribution in [3.05, 3.63) is 35.9 Å². The number of methoxy groups -OCH3 is 1. The van der Waals surface area contributed by atoms with Gasteiger partial charge in [0.25, 0.3) is 0 Å². The molecule has 0 aliphatic rings. The van der Waals surface area contributed by atoms with Crippen molar-refractivity contribution in [2.45, 2.75) is 11.3 Å².